The third-order valence-corrected chi connectivity index (χ3v) is 5.92. The molecule has 3 rings (SSSR count). The van der Waals surface area contributed by atoms with Crippen LogP contribution in [0.1, 0.15) is 64.7 Å². The van der Waals surface area contributed by atoms with Crippen LogP contribution < -0.4 is 10.6 Å². The van der Waals surface area contributed by atoms with Gasteiger partial charge in [-0.3, -0.25) is 4.99 Å². The van der Waals surface area contributed by atoms with Gasteiger partial charge in [0.25, 0.3) is 0 Å². The molecule has 0 heterocycles. The molecule has 0 aromatic carbocycles. The lowest BCUT2D eigenvalue weighted by atomic mass is 9.51. The number of aliphatic imine (C=N–C) groups is 1. The molecule has 2 unspecified atom stereocenters. The largest absolute Gasteiger partial charge is 0.378 e. The molecule has 0 aromatic heterocycles. The molecule has 2 N–H and O–H groups in total. The molecule has 0 amide bonds. The minimum Gasteiger partial charge on any atom is -0.378 e. The quantitative estimate of drug-likeness (QED) is 0.619. The van der Waals surface area contributed by atoms with Crippen molar-refractivity contribution in [3.8, 4) is 0 Å². The van der Waals surface area contributed by atoms with Gasteiger partial charge in [0.15, 0.2) is 5.96 Å². The molecular formula is C17H31N3O. The Hall–Kier alpha value is -0.770. The van der Waals surface area contributed by atoms with Crippen molar-refractivity contribution in [3.63, 3.8) is 0 Å². The standard InChI is InChI=1S/C17H31N3O/c1-3-21-15-12-14(17(15)10-7-11-17)20-16(18-2)19-13-8-5-4-6-9-13/h13-15H,3-12H2,1-2H3,(H2,18,19,20). The number of hydrogen-bond donors (Lipinski definition) is 2. The highest BCUT2D eigenvalue weighted by Gasteiger charge is 2.59. The molecule has 0 radical (unpaired) electrons. The summed E-state index contributed by atoms with van der Waals surface area (Å²) in [5, 5.41) is 7.33. The summed E-state index contributed by atoms with van der Waals surface area (Å²) in [7, 11) is 1.89. The van der Waals surface area contributed by atoms with Crippen molar-refractivity contribution < 1.29 is 4.74 Å². The van der Waals surface area contributed by atoms with Gasteiger partial charge in [0.1, 0.15) is 0 Å². The third-order valence-electron chi connectivity index (χ3n) is 5.92. The van der Waals surface area contributed by atoms with E-state index in [1.165, 1.54) is 51.4 Å². The van der Waals surface area contributed by atoms with Crippen LogP contribution in [-0.4, -0.2) is 37.8 Å². The van der Waals surface area contributed by atoms with Crippen molar-refractivity contribution in [2.75, 3.05) is 13.7 Å². The van der Waals surface area contributed by atoms with Crippen LogP contribution in [0.3, 0.4) is 0 Å². The second kappa shape index (κ2) is 6.55. The molecule has 4 nitrogen and oxygen atoms in total. The van der Waals surface area contributed by atoms with Crippen molar-refractivity contribution in [2.24, 2.45) is 10.4 Å². The van der Waals surface area contributed by atoms with Gasteiger partial charge < -0.3 is 15.4 Å². The number of guanidine groups is 1. The first-order valence-corrected chi connectivity index (χ1v) is 8.90. The average molecular weight is 293 g/mol. The summed E-state index contributed by atoms with van der Waals surface area (Å²) in [5.74, 6) is 1.01. The first-order valence-electron chi connectivity index (χ1n) is 8.90. The fourth-order valence-electron chi connectivity index (χ4n) is 4.42. The first-order chi connectivity index (χ1) is 10.3. The predicted octanol–water partition coefficient (Wildman–Crippen LogP) is 2.83. The zero-order chi connectivity index (χ0) is 14.7. The van der Waals surface area contributed by atoms with Crippen molar-refractivity contribution >= 4 is 5.96 Å². The Labute approximate surface area is 129 Å². The Balaban J connectivity index is 1.53. The van der Waals surface area contributed by atoms with Crippen LogP contribution in [-0.2, 0) is 4.74 Å². The third kappa shape index (κ3) is 2.92. The molecule has 1 spiro atoms. The molecule has 2 atom stereocenters. The highest BCUT2D eigenvalue weighted by Crippen LogP contribution is 2.57. The number of ether oxygens (including phenoxy) is 1. The van der Waals surface area contributed by atoms with Gasteiger partial charge in [-0.15, -0.1) is 0 Å². The highest BCUT2D eigenvalue weighted by molar-refractivity contribution is 5.80. The maximum Gasteiger partial charge on any atom is 0.191 e. The zero-order valence-electron chi connectivity index (χ0n) is 13.7. The minimum atomic E-state index is 0.403. The second-order valence-electron chi connectivity index (χ2n) is 7.01. The van der Waals surface area contributed by atoms with E-state index in [4.69, 9.17) is 4.74 Å². The lowest BCUT2D eigenvalue weighted by Gasteiger charge is -2.61. The fourth-order valence-corrected chi connectivity index (χ4v) is 4.42. The Bertz CT molecular complexity index is 372. The van der Waals surface area contributed by atoms with E-state index in [-0.39, 0.29) is 0 Å². The summed E-state index contributed by atoms with van der Waals surface area (Å²) < 4.78 is 5.93. The fraction of sp³-hybridized carbons (Fsp3) is 0.941. The molecule has 3 fully saturated rings. The van der Waals surface area contributed by atoms with Crippen molar-refractivity contribution in [3.05, 3.63) is 0 Å². The Morgan fingerprint density at radius 2 is 1.90 bits per heavy atom. The van der Waals surface area contributed by atoms with Crippen molar-refractivity contribution in [1.82, 2.24) is 10.6 Å². The summed E-state index contributed by atoms with van der Waals surface area (Å²) in [6, 6.07) is 1.17. The van der Waals surface area contributed by atoms with Crippen LogP contribution in [0.2, 0.25) is 0 Å². The van der Waals surface area contributed by atoms with Gasteiger partial charge in [0.2, 0.25) is 0 Å². The summed E-state index contributed by atoms with van der Waals surface area (Å²) in [6.45, 7) is 2.95. The van der Waals surface area contributed by atoms with Gasteiger partial charge in [0.05, 0.1) is 6.10 Å². The van der Waals surface area contributed by atoms with Crippen LogP contribution in [0.4, 0.5) is 0 Å². The molecule has 0 aliphatic heterocycles. The summed E-state index contributed by atoms with van der Waals surface area (Å²) in [6.07, 6.45) is 12.3. The molecule has 3 aliphatic carbocycles. The SMILES string of the molecule is CCOC1CC(NC(=NC)NC2CCCCC2)C12CCC2. The highest BCUT2D eigenvalue weighted by atomic mass is 16.5. The molecule has 120 valence electrons. The van der Waals surface area contributed by atoms with E-state index in [1.54, 1.807) is 0 Å². The molecule has 21 heavy (non-hydrogen) atoms. The normalized spacial score (nSPS) is 32.4. The number of nitrogens with one attached hydrogen (secondary N) is 2. The smallest absolute Gasteiger partial charge is 0.191 e. The van der Waals surface area contributed by atoms with E-state index < -0.39 is 0 Å². The first kappa shape index (κ1) is 15.1. The van der Waals surface area contributed by atoms with Gasteiger partial charge in [0, 0.05) is 31.2 Å². The maximum atomic E-state index is 5.93. The van der Waals surface area contributed by atoms with E-state index in [9.17, 15) is 0 Å². The molecule has 0 saturated heterocycles. The van der Waals surface area contributed by atoms with Crippen LogP contribution in [0.5, 0.6) is 0 Å². The van der Waals surface area contributed by atoms with Gasteiger partial charge in [-0.05, 0) is 39.0 Å². The van der Waals surface area contributed by atoms with Crippen LogP contribution in [0.25, 0.3) is 0 Å². The van der Waals surface area contributed by atoms with Crippen LogP contribution in [0, 0.1) is 5.41 Å². The molecular weight excluding hydrogens is 262 g/mol. The lowest BCUT2D eigenvalue weighted by molar-refractivity contribution is -0.168. The molecule has 3 saturated carbocycles. The Morgan fingerprint density at radius 3 is 2.48 bits per heavy atom. The zero-order valence-corrected chi connectivity index (χ0v) is 13.7. The molecule has 3 aliphatic rings. The minimum absolute atomic E-state index is 0.403. The molecule has 0 aromatic rings. The Kier molecular flexibility index (Phi) is 4.72. The van der Waals surface area contributed by atoms with Gasteiger partial charge in [-0.1, -0.05) is 25.7 Å². The predicted molar refractivity (Wildman–Crippen MR) is 86.6 cm³/mol. The van der Waals surface area contributed by atoms with Crippen LogP contribution in [0.15, 0.2) is 4.99 Å². The Morgan fingerprint density at radius 1 is 1.14 bits per heavy atom. The van der Waals surface area contributed by atoms with Crippen molar-refractivity contribution in [1.29, 1.82) is 0 Å². The number of rotatable bonds is 4. The summed E-state index contributed by atoms with van der Waals surface area (Å²) >= 11 is 0. The number of hydrogen-bond acceptors (Lipinski definition) is 2. The lowest BCUT2D eigenvalue weighted by Crippen LogP contribution is -2.69. The second-order valence-corrected chi connectivity index (χ2v) is 7.01. The summed E-state index contributed by atoms with van der Waals surface area (Å²) in [5.41, 5.74) is 0.403. The molecule has 0 bridgehead atoms. The maximum absolute atomic E-state index is 5.93. The van der Waals surface area contributed by atoms with Gasteiger partial charge in [-0.25, -0.2) is 0 Å². The van der Waals surface area contributed by atoms with Crippen molar-refractivity contribution in [2.45, 2.75) is 82.9 Å². The monoisotopic (exact) mass is 293 g/mol. The average Bonchev–Trinajstić information content (AvgIpc) is 2.44. The van der Waals surface area contributed by atoms with E-state index >= 15 is 0 Å². The topological polar surface area (TPSA) is 45.6 Å². The van der Waals surface area contributed by atoms with E-state index in [0.29, 0.717) is 23.6 Å². The molecule has 4 heteroatoms. The van der Waals surface area contributed by atoms with E-state index in [1.807, 2.05) is 7.05 Å². The van der Waals surface area contributed by atoms with Crippen LogP contribution >= 0.6 is 0 Å². The van der Waals surface area contributed by atoms with E-state index in [0.717, 1.165) is 19.0 Å². The van der Waals surface area contributed by atoms with Gasteiger partial charge >= 0.3 is 0 Å². The summed E-state index contributed by atoms with van der Waals surface area (Å²) in [4.78, 5) is 4.45. The van der Waals surface area contributed by atoms with E-state index in [2.05, 4.69) is 22.5 Å². The van der Waals surface area contributed by atoms with Gasteiger partial charge in [-0.2, -0.15) is 0 Å². The number of nitrogens with zero attached hydrogens (tertiary/aromatic N) is 1.